The van der Waals surface area contributed by atoms with Gasteiger partial charge in [0.25, 0.3) is 5.91 Å². The van der Waals surface area contributed by atoms with Crippen LogP contribution >= 0.6 is 0 Å². The predicted molar refractivity (Wildman–Crippen MR) is 139 cm³/mol. The van der Waals surface area contributed by atoms with Gasteiger partial charge >= 0.3 is 0 Å². The molecule has 2 aliphatic heterocycles. The van der Waals surface area contributed by atoms with Crippen molar-refractivity contribution in [3.05, 3.63) is 83.9 Å². The highest BCUT2D eigenvalue weighted by molar-refractivity contribution is 5.97. The summed E-state index contributed by atoms with van der Waals surface area (Å²) in [5.41, 5.74) is 3.72. The van der Waals surface area contributed by atoms with Crippen LogP contribution in [0.2, 0.25) is 0 Å². The molecule has 2 saturated heterocycles. The van der Waals surface area contributed by atoms with E-state index in [4.69, 9.17) is 9.47 Å². The second kappa shape index (κ2) is 10.1. The van der Waals surface area contributed by atoms with E-state index in [1.165, 1.54) is 12.8 Å². The van der Waals surface area contributed by atoms with Gasteiger partial charge in [-0.25, -0.2) is 0 Å². The molecule has 3 aromatic rings. The van der Waals surface area contributed by atoms with Crippen LogP contribution in [-0.2, 0) is 6.54 Å². The molecule has 1 amide bonds. The van der Waals surface area contributed by atoms with Crippen LogP contribution in [0.25, 0.3) is 11.1 Å². The van der Waals surface area contributed by atoms with Crippen LogP contribution in [0.5, 0.6) is 11.5 Å². The molecule has 0 radical (unpaired) electrons. The molecule has 5 rings (SSSR count). The molecule has 2 atom stereocenters. The number of hydrogen-bond acceptors (Lipinski definition) is 4. The van der Waals surface area contributed by atoms with Gasteiger partial charge in [-0.3, -0.25) is 4.79 Å². The highest BCUT2D eigenvalue weighted by atomic mass is 16.5. The van der Waals surface area contributed by atoms with Crippen molar-refractivity contribution in [2.24, 2.45) is 0 Å². The van der Waals surface area contributed by atoms with Crippen LogP contribution < -0.4 is 9.47 Å². The Morgan fingerprint density at radius 3 is 2.40 bits per heavy atom. The molecule has 3 aromatic carbocycles. The van der Waals surface area contributed by atoms with Crippen molar-refractivity contribution in [1.82, 2.24) is 9.80 Å². The molecule has 0 saturated carbocycles. The number of fused-ring (bicyclic) bond motifs is 2. The van der Waals surface area contributed by atoms with E-state index in [0.29, 0.717) is 29.9 Å². The lowest BCUT2D eigenvalue weighted by atomic mass is 10.0. The first-order chi connectivity index (χ1) is 17.0. The zero-order valence-corrected chi connectivity index (χ0v) is 20.8. The molecule has 35 heavy (non-hydrogen) atoms. The van der Waals surface area contributed by atoms with E-state index in [1.807, 2.05) is 73.8 Å². The number of benzene rings is 3. The van der Waals surface area contributed by atoms with Crippen LogP contribution in [0.15, 0.2) is 72.8 Å². The second-order valence-corrected chi connectivity index (χ2v) is 9.85. The number of ether oxygens (including phenoxy) is 2. The van der Waals surface area contributed by atoms with Gasteiger partial charge in [-0.2, -0.15) is 0 Å². The zero-order chi connectivity index (χ0) is 24.4. The van der Waals surface area contributed by atoms with Crippen LogP contribution in [0.3, 0.4) is 0 Å². The fourth-order valence-electron chi connectivity index (χ4n) is 5.60. The summed E-state index contributed by atoms with van der Waals surface area (Å²) in [6, 6.07) is 25.3. The van der Waals surface area contributed by atoms with Crippen molar-refractivity contribution in [3.8, 4) is 22.6 Å². The maximum atomic E-state index is 13.3. The van der Waals surface area contributed by atoms with Crippen molar-refractivity contribution in [2.75, 3.05) is 21.2 Å². The van der Waals surface area contributed by atoms with E-state index in [1.54, 1.807) is 12.0 Å². The summed E-state index contributed by atoms with van der Waals surface area (Å²) in [4.78, 5) is 17.6. The summed E-state index contributed by atoms with van der Waals surface area (Å²) in [7, 11) is 5.68. The molecule has 2 fully saturated rings. The molecule has 0 aliphatic carbocycles. The molecule has 0 aromatic heterocycles. The van der Waals surface area contributed by atoms with Crippen molar-refractivity contribution in [2.45, 2.75) is 50.4 Å². The van der Waals surface area contributed by atoms with Crippen molar-refractivity contribution in [1.29, 1.82) is 0 Å². The Morgan fingerprint density at radius 2 is 1.69 bits per heavy atom. The molecule has 2 bridgehead atoms. The Hall–Kier alpha value is -3.31. The molecular formula is C30H34N2O3. The minimum absolute atomic E-state index is 0.0697. The van der Waals surface area contributed by atoms with Gasteiger partial charge in [-0.15, -0.1) is 0 Å². The quantitative estimate of drug-likeness (QED) is 0.448. The normalized spacial score (nSPS) is 21.5. The third-order valence-corrected chi connectivity index (χ3v) is 7.56. The summed E-state index contributed by atoms with van der Waals surface area (Å²) >= 11 is 0. The fraction of sp³-hybridized carbons (Fsp3) is 0.367. The maximum Gasteiger partial charge on any atom is 0.257 e. The number of amides is 1. The first-order valence-electron chi connectivity index (χ1n) is 12.5. The number of carbonyl (C=O) groups is 1. The van der Waals surface area contributed by atoms with Crippen molar-refractivity contribution >= 4 is 5.91 Å². The van der Waals surface area contributed by atoms with Gasteiger partial charge in [0, 0.05) is 25.7 Å². The fourth-order valence-corrected chi connectivity index (χ4v) is 5.60. The van der Waals surface area contributed by atoms with E-state index in [2.05, 4.69) is 18.0 Å². The topological polar surface area (TPSA) is 42.0 Å². The summed E-state index contributed by atoms with van der Waals surface area (Å²) in [5, 5.41) is 0. The van der Waals surface area contributed by atoms with Crippen LogP contribution in [0, 0.1) is 0 Å². The molecule has 182 valence electrons. The van der Waals surface area contributed by atoms with E-state index >= 15 is 0 Å². The van der Waals surface area contributed by atoms with Gasteiger partial charge in [0.1, 0.15) is 17.6 Å². The lowest BCUT2D eigenvalue weighted by molar-refractivity contribution is 0.0659. The largest absolute Gasteiger partial charge is 0.496 e. The van der Waals surface area contributed by atoms with E-state index in [-0.39, 0.29) is 12.0 Å². The Bertz CT molecular complexity index is 1170. The van der Waals surface area contributed by atoms with E-state index in [9.17, 15) is 4.79 Å². The van der Waals surface area contributed by atoms with Gasteiger partial charge < -0.3 is 19.3 Å². The summed E-state index contributed by atoms with van der Waals surface area (Å²) < 4.78 is 12.0. The minimum Gasteiger partial charge on any atom is -0.496 e. The second-order valence-electron chi connectivity index (χ2n) is 9.85. The van der Waals surface area contributed by atoms with E-state index < -0.39 is 0 Å². The third kappa shape index (κ3) is 5.06. The van der Waals surface area contributed by atoms with Crippen LogP contribution in [-0.4, -0.2) is 55.1 Å². The summed E-state index contributed by atoms with van der Waals surface area (Å²) in [6.07, 6.45) is 5.02. The Balaban J connectivity index is 1.26. The Labute approximate surface area is 208 Å². The summed E-state index contributed by atoms with van der Waals surface area (Å²) in [6.45, 7) is 0.498. The zero-order valence-electron chi connectivity index (χ0n) is 20.8. The number of nitrogens with zero attached hydrogens (tertiary/aromatic N) is 2. The third-order valence-electron chi connectivity index (χ3n) is 7.56. The molecule has 0 N–H and O–H groups in total. The Morgan fingerprint density at radius 1 is 0.943 bits per heavy atom. The lowest BCUT2D eigenvalue weighted by Gasteiger charge is -2.36. The molecule has 2 unspecified atom stereocenters. The summed E-state index contributed by atoms with van der Waals surface area (Å²) in [5.74, 6) is 1.40. The molecule has 2 heterocycles. The van der Waals surface area contributed by atoms with Crippen LogP contribution in [0.4, 0.5) is 0 Å². The maximum absolute atomic E-state index is 13.3. The van der Waals surface area contributed by atoms with Crippen molar-refractivity contribution in [3.63, 3.8) is 0 Å². The highest BCUT2D eigenvalue weighted by Crippen LogP contribution is 2.36. The van der Waals surface area contributed by atoms with Gasteiger partial charge in [0.05, 0.1) is 12.7 Å². The van der Waals surface area contributed by atoms with Gasteiger partial charge in [0.2, 0.25) is 0 Å². The number of rotatable bonds is 7. The number of hydrogen-bond donors (Lipinski definition) is 0. The average Bonchev–Trinajstić information content (AvgIpc) is 3.08. The molecule has 5 heteroatoms. The van der Waals surface area contributed by atoms with Gasteiger partial charge in [-0.1, -0.05) is 48.5 Å². The monoisotopic (exact) mass is 470 g/mol. The minimum atomic E-state index is -0.0697. The SMILES string of the molecule is COc1cc(-c2ccccc2)ccc1C(=O)N(C)Cc1cccc(OC2CC3CCC(C2)N3C)c1. The molecule has 0 spiro atoms. The highest BCUT2D eigenvalue weighted by Gasteiger charge is 2.39. The number of carbonyl (C=O) groups excluding carboxylic acids is 1. The molecular weight excluding hydrogens is 436 g/mol. The Kier molecular flexibility index (Phi) is 6.78. The number of piperidine rings is 1. The van der Waals surface area contributed by atoms with E-state index in [0.717, 1.165) is 35.3 Å². The molecule has 5 nitrogen and oxygen atoms in total. The standard InChI is InChI=1S/C30H34N2O3/c1-31(30(33)28-15-12-23(17-29(28)34-3)22-9-5-4-6-10-22)20-21-8-7-11-26(16-21)35-27-18-24-13-14-25(19-27)32(24)2/h4-12,15-17,24-25,27H,13-14,18-20H2,1-3H3. The predicted octanol–water partition coefficient (Wildman–Crippen LogP) is 5.64. The van der Waals surface area contributed by atoms with Gasteiger partial charge in [-0.05, 0) is 73.7 Å². The van der Waals surface area contributed by atoms with Gasteiger partial charge in [0.15, 0.2) is 0 Å². The smallest absolute Gasteiger partial charge is 0.257 e. The first-order valence-corrected chi connectivity index (χ1v) is 12.5. The average molecular weight is 471 g/mol. The van der Waals surface area contributed by atoms with Crippen LogP contribution in [0.1, 0.15) is 41.6 Å². The number of methoxy groups -OCH3 is 1. The lowest BCUT2D eigenvalue weighted by Crippen LogP contribution is -2.43. The first kappa shape index (κ1) is 23.4. The van der Waals surface area contributed by atoms with Crippen molar-refractivity contribution < 1.29 is 14.3 Å². The molecule has 2 aliphatic rings.